The van der Waals surface area contributed by atoms with E-state index in [2.05, 4.69) is 0 Å². The minimum Gasteiger partial charge on any atom is -0.324 e. The van der Waals surface area contributed by atoms with Crippen LogP contribution >= 0.6 is 0 Å². The van der Waals surface area contributed by atoms with E-state index in [1.807, 2.05) is 13.0 Å². The van der Waals surface area contributed by atoms with Crippen LogP contribution in [0.4, 0.5) is 4.39 Å². The molecule has 1 nitrogen and oxygen atoms in total. The molecule has 1 aliphatic carbocycles. The topological polar surface area (TPSA) is 26.0 Å². The molecule has 1 atom stereocenters. The van der Waals surface area contributed by atoms with E-state index in [0.29, 0.717) is 0 Å². The van der Waals surface area contributed by atoms with E-state index >= 15 is 0 Å². The molecule has 1 aromatic rings. The molecule has 2 rings (SSSR count). The Morgan fingerprint density at radius 2 is 2.00 bits per heavy atom. The van der Waals surface area contributed by atoms with Crippen LogP contribution in [-0.2, 0) is 0 Å². The SMILES string of the molecule is Cc1cc(F)ccc1C(N)CCC1CCCCC1. The van der Waals surface area contributed by atoms with Gasteiger partial charge in [-0.15, -0.1) is 0 Å². The molecular weight excluding hydrogens is 225 g/mol. The van der Waals surface area contributed by atoms with Crippen molar-refractivity contribution in [2.24, 2.45) is 11.7 Å². The summed E-state index contributed by atoms with van der Waals surface area (Å²) in [7, 11) is 0. The second-order valence-electron chi connectivity index (χ2n) is 5.69. The van der Waals surface area contributed by atoms with Gasteiger partial charge in [0, 0.05) is 6.04 Å². The number of aryl methyl sites for hydroxylation is 1. The summed E-state index contributed by atoms with van der Waals surface area (Å²) in [6, 6.07) is 5.00. The standard InChI is InChI=1S/C16H24FN/c1-12-11-14(17)8-9-15(12)16(18)10-7-13-5-3-2-4-6-13/h8-9,11,13,16H,2-7,10,18H2,1H3. The Balaban J connectivity index is 1.88. The van der Waals surface area contributed by atoms with E-state index in [1.54, 1.807) is 6.07 Å². The highest BCUT2D eigenvalue weighted by molar-refractivity contribution is 5.29. The van der Waals surface area contributed by atoms with Crippen molar-refractivity contribution in [3.05, 3.63) is 35.1 Å². The van der Waals surface area contributed by atoms with Gasteiger partial charge in [0.1, 0.15) is 5.82 Å². The van der Waals surface area contributed by atoms with Crippen molar-refractivity contribution >= 4 is 0 Å². The molecule has 2 N–H and O–H groups in total. The predicted octanol–water partition coefficient (Wildman–Crippen LogP) is 4.49. The predicted molar refractivity (Wildman–Crippen MR) is 73.9 cm³/mol. The van der Waals surface area contributed by atoms with Crippen LogP contribution in [0.2, 0.25) is 0 Å². The zero-order chi connectivity index (χ0) is 13.0. The van der Waals surface area contributed by atoms with E-state index in [0.717, 1.165) is 23.5 Å². The van der Waals surface area contributed by atoms with E-state index < -0.39 is 0 Å². The first-order chi connectivity index (χ1) is 8.66. The van der Waals surface area contributed by atoms with Crippen LogP contribution in [0, 0.1) is 18.7 Å². The Labute approximate surface area is 110 Å². The van der Waals surface area contributed by atoms with Crippen molar-refractivity contribution < 1.29 is 4.39 Å². The number of halogens is 1. The molecule has 1 unspecified atom stereocenters. The summed E-state index contributed by atoms with van der Waals surface area (Å²) >= 11 is 0. The first kappa shape index (κ1) is 13.5. The van der Waals surface area contributed by atoms with Crippen LogP contribution < -0.4 is 5.73 Å². The second kappa shape index (κ2) is 6.33. The lowest BCUT2D eigenvalue weighted by Crippen LogP contribution is -2.15. The average molecular weight is 249 g/mol. The molecule has 0 bridgehead atoms. The largest absolute Gasteiger partial charge is 0.324 e. The molecule has 0 spiro atoms. The normalized spacial score (nSPS) is 18.8. The van der Waals surface area contributed by atoms with Crippen molar-refractivity contribution in [1.82, 2.24) is 0 Å². The molecule has 1 aliphatic rings. The van der Waals surface area contributed by atoms with Crippen molar-refractivity contribution in [1.29, 1.82) is 0 Å². The molecular formula is C16H24FN. The molecule has 0 amide bonds. The Morgan fingerprint density at radius 1 is 1.28 bits per heavy atom. The van der Waals surface area contributed by atoms with E-state index in [9.17, 15) is 4.39 Å². The Hall–Kier alpha value is -0.890. The number of benzene rings is 1. The lowest BCUT2D eigenvalue weighted by Gasteiger charge is -2.23. The van der Waals surface area contributed by atoms with Crippen LogP contribution in [0.5, 0.6) is 0 Å². The Bertz CT molecular complexity index is 383. The lowest BCUT2D eigenvalue weighted by atomic mass is 9.84. The molecule has 0 saturated heterocycles. The van der Waals surface area contributed by atoms with Gasteiger partial charge in [-0.2, -0.15) is 0 Å². The third-order valence-corrected chi connectivity index (χ3v) is 4.24. The van der Waals surface area contributed by atoms with Crippen molar-refractivity contribution in [3.63, 3.8) is 0 Å². The number of hydrogen-bond acceptors (Lipinski definition) is 1. The van der Waals surface area contributed by atoms with Gasteiger partial charge in [0.25, 0.3) is 0 Å². The van der Waals surface area contributed by atoms with Gasteiger partial charge in [0.15, 0.2) is 0 Å². The maximum absolute atomic E-state index is 13.0. The molecule has 1 aromatic carbocycles. The maximum Gasteiger partial charge on any atom is 0.123 e. The summed E-state index contributed by atoms with van der Waals surface area (Å²) in [5.74, 6) is 0.696. The van der Waals surface area contributed by atoms with Gasteiger partial charge < -0.3 is 5.73 Å². The quantitative estimate of drug-likeness (QED) is 0.835. The Morgan fingerprint density at radius 3 is 2.67 bits per heavy atom. The lowest BCUT2D eigenvalue weighted by molar-refractivity contribution is 0.324. The van der Waals surface area contributed by atoms with E-state index in [1.165, 1.54) is 44.6 Å². The third kappa shape index (κ3) is 3.55. The fraction of sp³-hybridized carbons (Fsp3) is 0.625. The highest BCUT2D eigenvalue weighted by Crippen LogP contribution is 2.30. The van der Waals surface area contributed by atoms with Crippen molar-refractivity contribution in [2.75, 3.05) is 0 Å². The van der Waals surface area contributed by atoms with Crippen LogP contribution in [-0.4, -0.2) is 0 Å². The van der Waals surface area contributed by atoms with Crippen molar-refractivity contribution in [3.8, 4) is 0 Å². The summed E-state index contributed by atoms with van der Waals surface area (Å²) in [6.45, 7) is 1.94. The maximum atomic E-state index is 13.0. The van der Waals surface area contributed by atoms with Gasteiger partial charge >= 0.3 is 0 Å². The van der Waals surface area contributed by atoms with Gasteiger partial charge in [-0.25, -0.2) is 4.39 Å². The summed E-state index contributed by atoms with van der Waals surface area (Å²) in [5, 5.41) is 0. The van der Waals surface area contributed by atoms with E-state index in [-0.39, 0.29) is 11.9 Å². The molecule has 0 aliphatic heterocycles. The fourth-order valence-electron chi connectivity index (χ4n) is 3.10. The average Bonchev–Trinajstić information content (AvgIpc) is 2.37. The minimum absolute atomic E-state index is 0.0625. The summed E-state index contributed by atoms with van der Waals surface area (Å²) < 4.78 is 13.0. The van der Waals surface area contributed by atoms with Crippen LogP contribution in [0.15, 0.2) is 18.2 Å². The third-order valence-electron chi connectivity index (χ3n) is 4.24. The van der Waals surface area contributed by atoms with Gasteiger partial charge in [0.2, 0.25) is 0 Å². The van der Waals surface area contributed by atoms with Gasteiger partial charge in [-0.3, -0.25) is 0 Å². The number of nitrogens with two attached hydrogens (primary N) is 1. The monoisotopic (exact) mass is 249 g/mol. The molecule has 0 heterocycles. The Kier molecular flexibility index (Phi) is 4.76. The van der Waals surface area contributed by atoms with Gasteiger partial charge in [-0.05, 0) is 48.9 Å². The van der Waals surface area contributed by atoms with Gasteiger partial charge in [0.05, 0.1) is 0 Å². The molecule has 100 valence electrons. The van der Waals surface area contributed by atoms with Crippen LogP contribution in [0.3, 0.4) is 0 Å². The zero-order valence-electron chi connectivity index (χ0n) is 11.3. The molecule has 0 radical (unpaired) electrons. The highest BCUT2D eigenvalue weighted by atomic mass is 19.1. The molecule has 2 heteroatoms. The second-order valence-corrected chi connectivity index (χ2v) is 5.69. The molecule has 1 saturated carbocycles. The van der Waals surface area contributed by atoms with E-state index in [4.69, 9.17) is 5.73 Å². The minimum atomic E-state index is -0.171. The summed E-state index contributed by atoms with van der Waals surface area (Å²) in [6.07, 6.45) is 9.16. The smallest absolute Gasteiger partial charge is 0.123 e. The van der Waals surface area contributed by atoms with Crippen molar-refractivity contribution in [2.45, 2.75) is 57.9 Å². The number of rotatable bonds is 4. The summed E-state index contributed by atoms with van der Waals surface area (Å²) in [5.41, 5.74) is 8.32. The van der Waals surface area contributed by atoms with Crippen LogP contribution in [0.25, 0.3) is 0 Å². The van der Waals surface area contributed by atoms with Gasteiger partial charge in [-0.1, -0.05) is 38.2 Å². The highest BCUT2D eigenvalue weighted by Gasteiger charge is 2.16. The molecule has 18 heavy (non-hydrogen) atoms. The fourth-order valence-corrected chi connectivity index (χ4v) is 3.10. The number of hydrogen-bond donors (Lipinski definition) is 1. The van der Waals surface area contributed by atoms with Crippen LogP contribution in [0.1, 0.15) is 62.1 Å². The summed E-state index contributed by atoms with van der Waals surface area (Å²) in [4.78, 5) is 0. The first-order valence-electron chi connectivity index (χ1n) is 7.18. The molecule has 1 fully saturated rings. The zero-order valence-corrected chi connectivity index (χ0v) is 11.3. The first-order valence-corrected chi connectivity index (χ1v) is 7.18. The molecule has 0 aromatic heterocycles.